The number of rotatable bonds is 4. The molecule has 41 heavy (non-hydrogen) atoms. The third-order valence-electron chi connectivity index (χ3n) is 7.80. The molecule has 0 aliphatic carbocycles. The average Bonchev–Trinajstić information content (AvgIpc) is 3.39. The highest BCUT2D eigenvalue weighted by Gasteiger charge is 2.34. The lowest BCUT2D eigenvalue weighted by Gasteiger charge is -2.37. The zero-order valence-electron chi connectivity index (χ0n) is 24.1. The molecule has 3 heterocycles. The van der Waals surface area contributed by atoms with Crippen molar-refractivity contribution in [3.63, 3.8) is 0 Å². The number of ether oxygens (including phenoxy) is 1. The molecule has 10 heteroatoms. The summed E-state index contributed by atoms with van der Waals surface area (Å²) in [5.41, 5.74) is 3.80. The van der Waals surface area contributed by atoms with Gasteiger partial charge in [-0.05, 0) is 82.5 Å². The van der Waals surface area contributed by atoms with Crippen LogP contribution in [0.3, 0.4) is 0 Å². The van der Waals surface area contributed by atoms with Crippen LogP contribution >= 0.6 is 23.2 Å². The summed E-state index contributed by atoms with van der Waals surface area (Å²) in [6.45, 7) is 11.4. The lowest BCUT2D eigenvalue weighted by atomic mass is 9.90. The average molecular weight is 599 g/mol. The van der Waals surface area contributed by atoms with Crippen molar-refractivity contribution in [1.82, 2.24) is 19.6 Å². The van der Waals surface area contributed by atoms with Crippen molar-refractivity contribution in [3.8, 4) is 5.69 Å². The molecule has 0 unspecified atom stereocenters. The molecule has 5 rings (SSSR count). The molecular formula is C31H37Cl2N5O3. The second kappa shape index (κ2) is 11.9. The topological polar surface area (TPSA) is 70.9 Å². The molecule has 0 atom stereocenters. The molecule has 2 saturated heterocycles. The first-order valence-electron chi connectivity index (χ1n) is 14.1. The minimum atomic E-state index is -0.548. The second-order valence-corrected chi connectivity index (χ2v) is 12.6. The van der Waals surface area contributed by atoms with Crippen molar-refractivity contribution >= 4 is 40.9 Å². The van der Waals surface area contributed by atoms with Crippen molar-refractivity contribution in [1.29, 1.82) is 0 Å². The number of hydrogen-bond acceptors (Lipinski definition) is 5. The van der Waals surface area contributed by atoms with Crippen LogP contribution in [0.25, 0.3) is 5.69 Å². The van der Waals surface area contributed by atoms with Crippen LogP contribution in [0.4, 0.5) is 10.5 Å². The number of nitrogens with zero attached hydrogens (tertiary/aromatic N) is 5. The summed E-state index contributed by atoms with van der Waals surface area (Å²) in [6.07, 6.45) is 2.80. The van der Waals surface area contributed by atoms with Crippen molar-refractivity contribution < 1.29 is 14.3 Å². The van der Waals surface area contributed by atoms with E-state index < -0.39 is 5.60 Å². The smallest absolute Gasteiger partial charge is 0.410 e. The zero-order chi connectivity index (χ0) is 29.3. The second-order valence-electron chi connectivity index (χ2n) is 11.7. The molecule has 2 aliphatic heterocycles. The van der Waals surface area contributed by atoms with Crippen LogP contribution in [0, 0.1) is 6.92 Å². The quantitative estimate of drug-likeness (QED) is 0.340. The summed E-state index contributed by atoms with van der Waals surface area (Å²) in [4.78, 5) is 32.6. The third-order valence-corrected chi connectivity index (χ3v) is 8.46. The van der Waals surface area contributed by atoms with Gasteiger partial charge in [-0.15, -0.1) is 0 Å². The number of benzene rings is 2. The molecule has 0 N–H and O–H groups in total. The Morgan fingerprint density at radius 3 is 2.20 bits per heavy atom. The fraction of sp³-hybridized carbons (Fsp3) is 0.452. The monoisotopic (exact) mass is 597 g/mol. The number of carbonyl (C=O) groups excluding carboxylic acids is 2. The molecule has 2 aliphatic rings. The van der Waals surface area contributed by atoms with Gasteiger partial charge in [-0.2, -0.15) is 5.10 Å². The lowest BCUT2D eigenvalue weighted by Crippen LogP contribution is -2.49. The summed E-state index contributed by atoms with van der Waals surface area (Å²) >= 11 is 12.5. The van der Waals surface area contributed by atoms with Gasteiger partial charge >= 0.3 is 6.09 Å². The largest absolute Gasteiger partial charge is 0.444 e. The van der Waals surface area contributed by atoms with E-state index in [4.69, 9.17) is 33.0 Å². The number of hydrogen-bond donors (Lipinski definition) is 0. The summed E-state index contributed by atoms with van der Waals surface area (Å²) in [5, 5.41) is 6.09. The van der Waals surface area contributed by atoms with Crippen LogP contribution < -0.4 is 4.90 Å². The Labute approximate surface area is 251 Å². The lowest BCUT2D eigenvalue weighted by molar-refractivity contribution is 0.0203. The van der Waals surface area contributed by atoms with Gasteiger partial charge in [0.1, 0.15) is 5.60 Å². The first-order valence-corrected chi connectivity index (χ1v) is 14.9. The minimum Gasteiger partial charge on any atom is -0.444 e. The number of anilines is 1. The van der Waals surface area contributed by atoms with E-state index in [1.54, 1.807) is 11.1 Å². The van der Waals surface area contributed by atoms with E-state index in [0.717, 1.165) is 35.7 Å². The van der Waals surface area contributed by atoms with E-state index in [1.807, 2.05) is 79.7 Å². The molecule has 0 saturated carbocycles. The maximum absolute atomic E-state index is 14.0. The van der Waals surface area contributed by atoms with Crippen LogP contribution in [0.15, 0.2) is 48.7 Å². The highest BCUT2D eigenvalue weighted by molar-refractivity contribution is 6.31. The van der Waals surface area contributed by atoms with E-state index in [9.17, 15) is 9.59 Å². The normalized spacial score (nSPS) is 16.7. The van der Waals surface area contributed by atoms with E-state index in [2.05, 4.69) is 4.90 Å². The third kappa shape index (κ3) is 6.49. The van der Waals surface area contributed by atoms with Crippen molar-refractivity contribution in [2.75, 3.05) is 44.2 Å². The Kier molecular flexibility index (Phi) is 8.52. The number of piperidine rings is 1. The summed E-state index contributed by atoms with van der Waals surface area (Å²) in [7, 11) is 0. The van der Waals surface area contributed by atoms with Gasteiger partial charge in [-0.3, -0.25) is 4.79 Å². The maximum Gasteiger partial charge on any atom is 0.410 e. The van der Waals surface area contributed by atoms with Gasteiger partial charge in [-0.25, -0.2) is 9.48 Å². The molecule has 2 aromatic carbocycles. The Balaban J connectivity index is 1.38. The number of likely N-dealkylation sites (tertiary alicyclic amines) is 1. The summed E-state index contributed by atoms with van der Waals surface area (Å²) in [6, 6.07) is 13.5. The van der Waals surface area contributed by atoms with Crippen molar-refractivity contribution in [2.45, 2.75) is 52.1 Å². The van der Waals surface area contributed by atoms with Crippen molar-refractivity contribution in [2.24, 2.45) is 0 Å². The molecule has 1 aromatic heterocycles. The van der Waals surface area contributed by atoms with Crippen LogP contribution in [0.1, 0.15) is 61.1 Å². The van der Waals surface area contributed by atoms with Gasteiger partial charge in [0.15, 0.2) is 0 Å². The molecule has 2 fully saturated rings. The number of halogens is 2. The van der Waals surface area contributed by atoms with Crippen LogP contribution in [0.2, 0.25) is 10.0 Å². The van der Waals surface area contributed by atoms with E-state index >= 15 is 0 Å². The van der Waals surface area contributed by atoms with Crippen LogP contribution in [0.5, 0.6) is 0 Å². The van der Waals surface area contributed by atoms with Crippen molar-refractivity contribution in [3.05, 3.63) is 75.5 Å². The Hall–Kier alpha value is -3.23. The highest BCUT2D eigenvalue weighted by Crippen LogP contribution is 2.35. The number of piperazine rings is 1. The van der Waals surface area contributed by atoms with Gasteiger partial charge < -0.3 is 19.4 Å². The number of carbonyl (C=O) groups is 2. The van der Waals surface area contributed by atoms with E-state index in [1.165, 1.54) is 0 Å². The van der Waals surface area contributed by atoms with E-state index in [0.29, 0.717) is 54.6 Å². The first-order chi connectivity index (χ1) is 19.5. The van der Waals surface area contributed by atoms with Gasteiger partial charge in [0.2, 0.25) is 0 Å². The predicted octanol–water partition coefficient (Wildman–Crippen LogP) is 6.56. The SMILES string of the molecule is Cc1c(Cl)cccc1-n1ncc(C(=O)N2CCN(c3ccc(Cl)cc3)CC2)c1C1CCN(C(=O)OC(C)(C)C)CC1. The Bertz CT molecular complexity index is 1400. The van der Waals surface area contributed by atoms with Crippen LogP contribution in [-0.4, -0.2) is 76.5 Å². The van der Waals surface area contributed by atoms with Crippen LogP contribution in [-0.2, 0) is 4.74 Å². The van der Waals surface area contributed by atoms with Gasteiger partial charge in [-0.1, -0.05) is 29.3 Å². The molecule has 8 nitrogen and oxygen atoms in total. The molecule has 0 radical (unpaired) electrons. The summed E-state index contributed by atoms with van der Waals surface area (Å²) in [5.74, 6) is 0.0279. The fourth-order valence-electron chi connectivity index (χ4n) is 5.59. The van der Waals surface area contributed by atoms with Gasteiger partial charge in [0, 0.05) is 60.9 Å². The van der Waals surface area contributed by atoms with Gasteiger partial charge in [0.25, 0.3) is 5.91 Å². The maximum atomic E-state index is 14.0. The fourth-order valence-corrected chi connectivity index (χ4v) is 5.88. The predicted molar refractivity (Wildman–Crippen MR) is 163 cm³/mol. The number of aromatic nitrogens is 2. The Morgan fingerprint density at radius 2 is 1.56 bits per heavy atom. The minimum absolute atomic E-state index is 0.0174. The molecule has 2 amide bonds. The highest BCUT2D eigenvalue weighted by atomic mass is 35.5. The molecule has 3 aromatic rings. The summed E-state index contributed by atoms with van der Waals surface area (Å²) < 4.78 is 7.48. The first kappa shape index (κ1) is 29.3. The standard InChI is InChI=1S/C31H37Cl2N5O3/c1-21-26(33)6-5-7-27(21)38-28(22-12-14-37(15-13-22)30(40)41-31(2,3)4)25(20-34-38)29(39)36-18-16-35(17-19-36)24-10-8-23(32)9-11-24/h5-11,20,22H,12-19H2,1-4H3. The number of amides is 2. The molecule has 0 spiro atoms. The molecular weight excluding hydrogens is 561 g/mol. The zero-order valence-corrected chi connectivity index (χ0v) is 25.6. The molecule has 218 valence electrons. The Morgan fingerprint density at radius 1 is 0.902 bits per heavy atom. The van der Waals surface area contributed by atoms with Gasteiger partial charge in [0.05, 0.1) is 23.1 Å². The van der Waals surface area contributed by atoms with E-state index in [-0.39, 0.29) is 17.9 Å². The molecule has 0 bridgehead atoms.